The molecule has 0 unspecified atom stereocenters. The van der Waals surface area contributed by atoms with Crippen molar-refractivity contribution in [3.8, 4) is 0 Å². The fourth-order valence-corrected chi connectivity index (χ4v) is 2.70. The highest BCUT2D eigenvalue weighted by atomic mass is 19.1. The van der Waals surface area contributed by atoms with Crippen LogP contribution in [0.25, 0.3) is 0 Å². The van der Waals surface area contributed by atoms with Crippen molar-refractivity contribution in [1.29, 1.82) is 0 Å². The first-order valence-electron chi connectivity index (χ1n) is 7.90. The molecule has 0 radical (unpaired) electrons. The lowest BCUT2D eigenvalue weighted by atomic mass is 10.1. The molecule has 1 aliphatic heterocycles. The minimum Gasteiger partial charge on any atom is -0.366 e. The van der Waals surface area contributed by atoms with Gasteiger partial charge in [-0.25, -0.2) is 4.39 Å². The Morgan fingerprint density at radius 1 is 1.14 bits per heavy atom. The van der Waals surface area contributed by atoms with Gasteiger partial charge in [-0.05, 0) is 38.9 Å². The van der Waals surface area contributed by atoms with E-state index in [1.165, 1.54) is 0 Å². The van der Waals surface area contributed by atoms with Gasteiger partial charge in [0, 0.05) is 38.3 Å². The van der Waals surface area contributed by atoms with Crippen molar-refractivity contribution in [2.75, 3.05) is 37.6 Å². The fraction of sp³-hybridized carbons (Fsp3) is 0.647. The number of para-hydroxylation sites is 1. The number of benzene rings is 1. The largest absolute Gasteiger partial charge is 0.366 e. The van der Waals surface area contributed by atoms with Crippen LogP contribution in [-0.2, 0) is 6.54 Å². The van der Waals surface area contributed by atoms with Crippen molar-refractivity contribution in [3.63, 3.8) is 0 Å². The minimum atomic E-state index is -0.104. The van der Waals surface area contributed by atoms with E-state index in [0.717, 1.165) is 44.0 Å². The number of hydrogen-bond donors (Lipinski definition) is 1. The molecule has 21 heavy (non-hydrogen) atoms. The van der Waals surface area contributed by atoms with Gasteiger partial charge < -0.3 is 15.1 Å². The molecule has 2 rings (SSSR count). The second-order valence-electron chi connectivity index (χ2n) is 6.77. The van der Waals surface area contributed by atoms with Gasteiger partial charge in [0.2, 0.25) is 0 Å². The SMILES string of the molecule is CCN1CCN(c2c(F)cccc2CNC(C)(C)C)CC1. The number of rotatable bonds is 4. The summed E-state index contributed by atoms with van der Waals surface area (Å²) >= 11 is 0. The molecule has 1 saturated heterocycles. The highest BCUT2D eigenvalue weighted by Crippen LogP contribution is 2.26. The molecule has 0 amide bonds. The smallest absolute Gasteiger partial charge is 0.146 e. The molecule has 0 atom stereocenters. The topological polar surface area (TPSA) is 18.5 Å². The van der Waals surface area contributed by atoms with Gasteiger partial charge in [0.15, 0.2) is 0 Å². The molecule has 0 spiro atoms. The summed E-state index contributed by atoms with van der Waals surface area (Å²) in [6, 6.07) is 5.41. The number of anilines is 1. The fourth-order valence-electron chi connectivity index (χ4n) is 2.70. The average molecular weight is 293 g/mol. The molecule has 0 aromatic heterocycles. The summed E-state index contributed by atoms with van der Waals surface area (Å²) in [7, 11) is 0. The minimum absolute atomic E-state index is 0.0322. The van der Waals surface area contributed by atoms with Gasteiger partial charge in [0.1, 0.15) is 5.82 Å². The van der Waals surface area contributed by atoms with Crippen LogP contribution in [0.4, 0.5) is 10.1 Å². The normalized spacial score (nSPS) is 17.3. The third-order valence-corrected chi connectivity index (χ3v) is 4.02. The predicted molar refractivity (Wildman–Crippen MR) is 87.3 cm³/mol. The van der Waals surface area contributed by atoms with E-state index in [1.54, 1.807) is 12.1 Å². The Hall–Kier alpha value is -1.13. The lowest BCUT2D eigenvalue weighted by Crippen LogP contribution is -2.47. The maximum atomic E-state index is 14.4. The summed E-state index contributed by atoms with van der Waals surface area (Å²) in [6.45, 7) is 14.2. The van der Waals surface area contributed by atoms with Gasteiger partial charge in [0.05, 0.1) is 5.69 Å². The molecular weight excluding hydrogens is 265 g/mol. The van der Waals surface area contributed by atoms with Gasteiger partial charge >= 0.3 is 0 Å². The van der Waals surface area contributed by atoms with Gasteiger partial charge in [-0.2, -0.15) is 0 Å². The van der Waals surface area contributed by atoms with E-state index in [2.05, 4.69) is 42.8 Å². The number of piperazine rings is 1. The molecule has 0 saturated carbocycles. The van der Waals surface area contributed by atoms with Crippen LogP contribution in [0.3, 0.4) is 0 Å². The molecule has 1 fully saturated rings. The van der Waals surface area contributed by atoms with E-state index in [-0.39, 0.29) is 11.4 Å². The molecule has 118 valence electrons. The van der Waals surface area contributed by atoms with E-state index in [9.17, 15) is 4.39 Å². The summed E-state index contributed by atoms with van der Waals surface area (Å²) in [4.78, 5) is 4.60. The zero-order valence-electron chi connectivity index (χ0n) is 13.7. The Bertz CT molecular complexity index is 460. The number of nitrogens with one attached hydrogen (secondary N) is 1. The van der Waals surface area contributed by atoms with Crippen LogP contribution in [0, 0.1) is 5.82 Å². The molecule has 0 bridgehead atoms. The van der Waals surface area contributed by atoms with Crippen molar-refractivity contribution >= 4 is 5.69 Å². The van der Waals surface area contributed by atoms with E-state index in [0.29, 0.717) is 6.54 Å². The highest BCUT2D eigenvalue weighted by molar-refractivity contribution is 5.55. The van der Waals surface area contributed by atoms with Crippen LogP contribution in [0.1, 0.15) is 33.3 Å². The van der Waals surface area contributed by atoms with Crippen LogP contribution < -0.4 is 10.2 Å². The van der Waals surface area contributed by atoms with Crippen molar-refractivity contribution < 1.29 is 4.39 Å². The maximum Gasteiger partial charge on any atom is 0.146 e. The van der Waals surface area contributed by atoms with Crippen LogP contribution in [0.5, 0.6) is 0 Å². The monoisotopic (exact) mass is 293 g/mol. The number of halogens is 1. The average Bonchev–Trinajstić information content (AvgIpc) is 2.44. The first-order valence-corrected chi connectivity index (χ1v) is 7.90. The third-order valence-electron chi connectivity index (χ3n) is 4.02. The quantitative estimate of drug-likeness (QED) is 0.921. The van der Waals surface area contributed by atoms with E-state index < -0.39 is 0 Å². The van der Waals surface area contributed by atoms with Gasteiger partial charge in [0.25, 0.3) is 0 Å². The predicted octanol–water partition coefficient (Wildman–Crippen LogP) is 2.86. The Kier molecular flexibility index (Phi) is 5.22. The molecule has 3 nitrogen and oxygen atoms in total. The molecule has 1 aliphatic rings. The molecule has 0 aliphatic carbocycles. The van der Waals surface area contributed by atoms with Crippen molar-refractivity contribution in [1.82, 2.24) is 10.2 Å². The Morgan fingerprint density at radius 3 is 2.38 bits per heavy atom. The third kappa shape index (κ3) is 4.42. The molecular formula is C17H28FN3. The molecule has 1 aromatic carbocycles. The molecule has 1 N–H and O–H groups in total. The number of nitrogens with zero attached hydrogens (tertiary/aromatic N) is 2. The molecule has 1 aromatic rings. The Balaban J connectivity index is 2.14. The molecule has 4 heteroatoms. The first kappa shape index (κ1) is 16.2. The van der Waals surface area contributed by atoms with Crippen LogP contribution in [-0.4, -0.2) is 43.2 Å². The molecule has 1 heterocycles. The first-order chi connectivity index (χ1) is 9.90. The summed E-state index contributed by atoms with van der Waals surface area (Å²) in [5.74, 6) is -0.104. The lowest BCUT2D eigenvalue weighted by molar-refractivity contribution is 0.270. The summed E-state index contributed by atoms with van der Waals surface area (Å²) < 4.78 is 14.4. The van der Waals surface area contributed by atoms with Gasteiger partial charge in [-0.15, -0.1) is 0 Å². The van der Waals surface area contributed by atoms with Gasteiger partial charge in [-0.1, -0.05) is 19.1 Å². The Morgan fingerprint density at radius 2 is 1.81 bits per heavy atom. The van der Waals surface area contributed by atoms with Crippen molar-refractivity contribution in [3.05, 3.63) is 29.6 Å². The van der Waals surface area contributed by atoms with Crippen molar-refractivity contribution in [2.45, 2.75) is 39.8 Å². The highest BCUT2D eigenvalue weighted by Gasteiger charge is 2.21. The zero-order valence-corrected chi connectivity index (χ0v) is 13.7. The maximum absolute atomic E-state index is 14.4. The zero-order chi connectivity index (χ0) is 15.5. The lowest BCUT2D eigenvalue weighted by Gasteiger charge is -2.37. The van der Waals surface area contributed by atoms with E-state index in [4.69, 9.17) is 0 Å². The van der Waals surface area contributed by atoms with E-state index >= 15 is 0 Å². The Labute approximate surface area is 128 Å². The van der Waals surface area contributed by atoms with E-state index in [1.807, 2.05) is 6.07 Å². The van der Waals surface area contributed by atoms with Crippen LogP contribution in [0.2, 0.25) is 0 Å². The standard InChI is InChI=1S/C17H28FN3/c1-5-20-9-11-21(12-10-20)16-14(7-6-8-15(16)18)13-19-17(2,3)4/h6-8,19H,5,9-13H2,1-4H3. The second kappa shape index (κ2) is 6.75. The van der Waals surface area contributed by atoms with Crippen LogP contribution in [0.15, 0.2) is 18.2 Å². The van der Waals surface area contributed by atoms with Crippen molar-refractivity contribution in [2.24, 2.45) is 0 Å². The number of likely N-dealkylation sites (N-methyl/N-ethyl adjacent to an activating group) is 1. The van der Waals surface area contributed by atoms with Gasteiger partial charge in [-0.3, -0.25) is 0 Å². The second-order valence-corrected chi connectivity index (χ2v) is 6.77. The summed E-state index contributed by atoms with van der Waals surface area (Å²) in [6.07, 6.45) is 0. The summed E-state index contributed by atoms with van der Waals surface area (Å²) in [5, 5.41) is 3.46. The van der Waals surface area contributed by atoms with Crippen LogP contribution >= 0.6 is 0 Å². The summed E-state index contributed by atoms with van der Waals surface area (Å²) in [5.41, 5.74) is 1.87. The number of hydrogen-bond acceptors (Lipinski definition) is 3.